The van der Waals surface area contributed by atoms with Gasteiger partial charge in [-0.25, -0.2) is 4.98 Å². The summed E-state index contributed by atoms with van der Waals surface area (Å²) in [5.74, 6) is 1.26. The van der Waals surface area contributed by atoms with E-state index in [-0.39, 0.29) is 29.9 Å². The van der Waals surface area contributed by atoms with Crippen LogP contribution in [-0.2, 0) is 4.79 Å². The third-order valence-corrected chi connectivity index (χ3v) is 4.15. The zero-order valence-corrected chi connectivity index (χ0v) is 18.0. The molecule has 26 heavy (non-hydrogen) atoms. The van der Waals surface area contributed by atoms with E-state index in [9.17, 15) is 4.79 Å². The average molecular weight is 471 g/mol. The molecule has 0 fully saturated rings. The number of carbonyl (C=O) groups excluding carboxylic acids is 1. The third-order valence-electron chi connectivity index (χ3n) is 4.15. The standard InChI is InChI=1S/C19H29N5O.HI/c1-15-7-6-10-17(23-15)24-18(25)12-14-22-19(20-2)21-13-11-16-8-4-3-5-9-16;/h6-8,10H,3-5,9,11-14H2,1-2H3,(H2,20,21,22)(H,23,24,25);1H. The van der Waals surface area contributed by atoms with Crippen molar-refractivity contribution in [2.45, 2.75) is 45.4 Å². The molecular weight excluding hydrogens is 441 g/mol. The molecule has 0 aliphatic heterocycles. The maximum Gasteiger partial charge on any atom is 0.227 e. The number of aliphatic imine (C=N–C) groups is 1. The highest BCUT2D eigenvalue weighted by molar-refractivity contribution is 14.0. The fourth-order valence-corrected chi connectivity index (χ4v) is 2.81. The lowest BCUT2D eigenvalue weighted by atomic mass is 9.97. The molecule has 2 rings (SSSR count). The first-order valence-electron chi connectivity index (χ1n) is 9.03. The predicted octanol–water partition coefficient (Wildman–Crippen LogP) is 3.39. The quantitative estimate of drug-likeness (QED) is 0.247. The minimum Gasteiger partial charge on any atom is -0.356 e. The molecular formula is C19H30IN5O. The normalized spacial score (nSPS) is 14.1. The Labute approximate surface area is 173 Å². The van der Waals surface area contributed by atoms with Crippen LogP contribution in [0.4, 0.5) is 5.82 Å². The van der Waals surface area contributed by atoms with Crippen molar-refractivity contribution in [1.29, 1.82) is 0 Å². The minimum atomic E-state index is -0.0617. The van der Waals surface area contributed by atoms with Crippen LogP contribution in [0.1, 0.15) is 44.2 Å². The Balaban J connectivity index is 0.00000338. The molecule has 1 aromatic heterocycles. The van der Waals surface area contributed by atoms with Crippen LogP contribution in [-0.4, -0.2) is 37.0 Å². The van der Waals surface area contributed by atoms with Crippen LogP contribution >= 0.6 is 24.0 Å². The molecule has 6 nitrogen and oxygen atoms in total. The first-order valence-corrected chi connectivity index (χ1v) is 9.03. The SMILES string of the molecule is CN=C(NCCC(=O)Nc1cccc(C)n1)NCCC1=CCCCC1.I. The average Bonchev–Trinajstić information content (AvgIpc) is 2.61. The van der Waals surface area contributed by atoms with Crippen LogP contribution in [0.2, 0.25) is 0 Å². The molecule has 3 N–H and O–H groups in total. The second kappa shape index (κ2) is 12.7. The summed E-state index contributed by atoms with van der Waals surface area (Å²) < 4.78 is 0. The van der Waals surface area contributed by atoms with Crippen LogP contribution < -0.4 is 16.0 Å². The summed E-state index contributed by atoms with van der Waals surface area (Å²) in [5.41, 5.74) is 2.42. The monoisotopic (exact) mass is 471 g/mol. The molecule has 0 radical (unpaired) electrons. The Bertz CT molecular complexity index is 630. The summed E-state index contributed by atoms with van der Waals surface area (Å²) in [6.07, 6.45) is 8.85. The summed E-state index contributed by atoms with van der Waals surface area (Å²) in [4.78, 5) is 20.4. The number of guanidine groups is 1. The molecule has 0 unspecified atom stereocenters. The Morgan fingerprint density at radius 1 is 1.23 bits per heavy atom. The zero-order chi connectivity index (χ0) is 17.9. The van der Waals surface area contributed by atoms with Gasteiger partial charge in [0.2, 0.25) is 5.91 Å². The summed E-state index contributed by atoms with van der Waals surface area (Å²) in [5, 5.41) is 9.28. The summed E-state index contributed by atoms with van der Waals surface area (Å²) >= 11 is 0. The van der Waals surface area contributed by atoms with Gasteiger partial charge in [0.05, 0.1) is 0 Å². The molecule has 144 valence electrons. The lowest BCUT2D eigenvalue weighted by Gasteiger charge is -2.15. The van der Waals surface area contributed by atoms with Gasteiger partial charge in [-0.3, -0.25) is 9.79 Å². The Hall–Kier alpha value is -1.64. The first-order chi connectivity index (χ1) is 12.2. The fraction of sp³-hybridized carbons (Fsp3) is 0.526. The number of nitrogens with zero attached hydrogens (tertiary/aromatic N) is 2. The Morgan fingerprint density at radius 3 is 2.73 bits per heavy atom. The molecule has 0 spiro atoms. The van der Waals surface area contributed by atoms with Gasteiger partial charge in [0.25, 0.3) is 0 Å². The van der Waals surface area contributed by atoms with Crippen molar-refractivity contribution in [3.05, 3.63) is 35.5 Å². The van der Waals surface area contributed by atoms with Crippen molar-refractivity contribution >= 4 is 41.7 Å². The maximum absolute atomic E-state index is 12.0. The fourth-order valence-electron chi connectivity index (χ4n) is 2.81. The number of amides is 1. The molecule has 0 aromatic carbocycles. The molecule has 1 amide bonds. The van der Waals surface area contributed by atoms with Crippen LogP contribution in [0, 0.1) is 6.92 Å². The van der Waals surface area contributed by atoms with Crippen LogP contribution in [0.3, 0.4) is 0 Å². The van der Waals surface area contributed by atoms with E-state index in [2.05, 4.69) is 32.0 Å². The van der Waals surface area contributed by atoms with Gasteiger partial charge in [-0.15, -0.1) is 24.0 Å². The number of aromatic nitrogens is 1. The first kappa shape index (κ1) is 22.4. The van der Waals surface area contributed by atoms with Gasteiger partial charge in [0.1, 0.15) is 5.82 Å². The zero-order valence-electron chi connectivity index (χ0n) is 15.7. The lowest BCUT2D eigenvalue weighted by Crippen LogP contribution is -2.39. The number of pyridine rings is 1. The van der Waals surface area contributed by atoms with Crippen LogP contribution in [0.5, 0.6) is 0 Å². The number of hydrogen-bond donors (Lipinski definition) is 3. The van der Waals surface area contributed by atoms with E-state index in [4.69, 9.17) is 0 Å². The van der Waals surface area contributed by atoms with Crippen molar-refractivity contribution in [2.24, 2.45) is 4.99 Å². The van der Waals surface area contributed by atoms with Gasteiger partial charge < -0.3 is 16.0 Å². The van der Waals surface area contributed by atoms with Crippen molar-refractivity contribution < 1.29 is 4.79 Å². The highest BCUT2D eigenvalue weighted by Crippen LogP contribution is 2.19. The predicted molar refractivity (Wildman–Crippen MR) is 118 cm³/mol. The molecule has 1 aliphatic rings. The highest BCUT2D eigenvalue weighted by Gasteiger charge is 2.06. The van der Waals surface area contributed by atoms with Crippen molar-refractivity contribution in [2.75, 3.05) is 25.5 Å². The summed E-state index contributed by atoms with van der Waals surface area (Å²) in [6, 6.07) is 5.57. The van der Waals surface area contributed by atoms with E-state index in [0.29, 0.717) is 18.8 Å². The summed E-state index contributed by atoms with van der Waals surface area (Å²) in [7, 11) is 1.74. The maximum atomic E-state index is 12.0. The molecule has 0 saturated heterocycles. The van der Waals surface area contributed by atoms with Gasteiger partial charge in [0, 0.05) is 32.3 Å². The number of carbonyl (C=O) groups is 1. The topological polar surface area (TPSA) is 78.4 Å². The second-order valence-electron chi connectivity index (χ2n) is 6.25. The number of nitrogens with one attached hydrogen (secondary N) is 3. The molecule has 1 aliphatic carbocycles. The molecule has 0 bridgehead atoms. The van der Waals surface area contributed by atoms with E-state index in [1.54, 1.807) is 18.7 Å². The number of hydrogen-bond acceptors (Lipinski definition) is 3. The largest absolute Gasteiger partial charge is 0.356 e. The number of allylic oxidation sites excluding steroid dienone is 1. The van der Waals surface area contributed by atoms with Gasteiger partial charge in [0.15, 0.2) is 5.96 Å². The Morgan fingerprint density at radius 2 is 2.04 bits per heavy atom. The number of rotatable bonds is 7. The van der Waals surface area contributed by atoms with E-state index in [1.807, 2.05) is 19.1 Å². The van der Waals surface area contributed by atoms with Gasteiger partial charge in [-0.2, -0.15) is 0 Å². The third kappa shape index (κ3) is 8.64. The van der Waals surface area contributed by atoms with E-state index < -0.39 is 0 Å². The van der Waals surface area contributed by atoms with Crippen LogP contribution in [0.25, 0.3) is 0 Å². The molecule has 1 heterocycles. The van der Waals surface area contributed by atoms with E-state index in [1.165, 1.54) is 25.7 Å². The number of anilines is 1. The summed E-state index contributed by atoms with van der Waals surface area (Å²) in [6.45, 7) is 3.29. The van der Waals surface area contributed by atoms with Gasteiger partial charge >= 0.3 is 0 Å². The van der Waals surface area contributed by atoms with Gasteiger partial charge in [-0.05, 0) is 51.2 Å². The number of aryl methyl sites for hydroxylation is 1. The molecule has 0 atom stereocenters. The lowest BCUT2D eigenvalue weighted by molar-refractivity contribution is -0.116. The van der Waals surface area contributed by atoms with E-state index in [0.717, 1.165) is 24.6 Å². The van der Waals surface area contributed by atoms with E-state index >= 15 is 0 Å². The Kier molecular flexibility index (Phi) is 10.9. The van der Waals surface area contributed by atoms with Crippen molar-refractivity contribution in [3.63, 3.8) is 0 Å². The van der Waals surface area contributed by atoms with Gasteiger partial charge in [-0.1, -0.05) is 17.7 Å². The minimum absolute atomic E-state index is 0. The smallest absolute Gasteiger partial charge is 0.227 e. The van der Waals surface area contributed by atoms with Crippen molar-refractivity contribution in [3.8, 4) is 0 Å². The van der Waals surface area contributed by atoms with Crippen molar-refractivity contribution in [1.82, 2.24) is 15.6 Å². The highest BCUT2D eigenvalue weighted by atomic mass is 127. The number of halogens is 1. The molecule has 7 heteroatoms. The molecule has 1 aromatic rings. The van der Waals surface area contributed by atoms with Crippen LogP contribution in [0.15, 0.2) is 34.8 Å². The molecule has 0 saturated carbocycles. The second-order valence-corrected chi connectivity index (χ2v) is 6.25.